The Labute approximate surface area is 138 Å². The van der Waals surface area contributed by atoms with E-state index >= 15 is 0 Å². The van der Waals surface area contributed by atoms with Gasteiger partial charge in [-0.3, -0.25) is 4.57 Å². The van der Waals surface area contributed by atoms with Gasteiger partial charge in [0.1, 0.15) is 5.60 Å². The minimum atomic E-state index is -0.542. The molecule has 0 N–H and O–H groups in total. The summed E-state index contributed by atoms with van der Waals surface area (Å²) in [6, 6.07) is 7.47. The van der Waals surface area contributed by atoms with Crippen LogP contribution in [0.3, 0.4) is 0 Å². The molecular formula is C16H17BrClNO2. The zero-order valence-corrected chi connectivity index (χ0v) is 14.7. The molecule has 0 saturated carbocycles. The summed E-state index contributed by atoms with van der Waals surface area (Å²) in [5, 5.41) is 0.672. The van der Waals surface area contributed by atoms with Gasteiger partial charge in [0, 0.05) is 21.3 Å². The van der Waals surface area contributed by atoms with E-state index in [0.717, 1.165) is 21.3 Å². The largest absolute Gasteiger partial charge is 0.443 e. The monoisotopic (exact) mass is 369 g/mol. The number of hydrogen-bond acceptors (Lipinski definition) is 2. The van der Waals surface area contributed by atoms with Crippen LogP contribution in [-0.2, 0) is 4.74 Å². The molecule has 0 fully saturated rings. The van der Waals surface area contributed by atoms with Crippen molar-refractivity contribution >= 4 is 33.6 Å². The molecule has 1 heterocycles. The quantitative estimate of drug-likeness (QED) is 0.648. The SMILES string of the molecule is Cc1cc(Cl)ccc1-c1cc(Br)cn1C(=O)OC(C)(C)C. The van der Waals surface area contributed by atoms with E-state index in [2.05, 4.69) is 15.9 Å². The van der Waals surface area contributed by atoms with Crippen LogP contribution in [0.1, 0.15) is 26.3 Å². The number of carbonyl (C=O) groups excluding carboxylic acids is 1. The summed E-state index contributed by atoms with van der Waals surface area (Å²) in [6.07, 6.45) is 1.30. The average Bonchev–Trinajstić information content (AvgIpc) is 2.69. The third-order valence-electron chi connectivity index (χ3n) is 2.84. The average molecular weight is 371 g/mol. The van der Waals surface area contributed by atoms with Gasteiger partial charge in [-0.2, -0.15) is 0 Å². The lowest BCUT2D eigenvalue weighted by atomic mass is 10.1. The van der Waals surface area contributed by atoms with E-state index in [1.54, 1.807) is 6.20 Å². The normalized spacial score (nSPS) is 11.5. The van der Waals surface area contributed by atoms with Crippen LogP contribution in [0.5, 0.6) is 0 Å². The molecule has 112 valence electrons. The van der Waals surface area contributed by atoms with Gasteiger partial charge in [-0.25, -0.2) is 4.79 Å². The molecular weight excluding hydrogens is 354 g/mol. The van der Waals surface area contributed by atoms with Crippen LogP contribution in [0.25, 0.3) is 11.3 Å². The second-order valence-electron chi connectivity index (χ2n) is 5.85. The molecule has 0 saturated heterocycles. The summed E-state index contributed by atoms with van der Waals surface area (Å²) < 4.78 is 7.76. The Morgan fingerprint density at radius 1 is 1.29 bits per heavy atom. The minimum Gasteiger partial charge on any atom is -0.443 e. The highest BCUT2D eigenvalue weighted by molar-refractivity contribution is 9.10. The fourth-order valence-corrected chi connectivity index (χ4v) is 2.66. The number of aromatic nitrogens is 1. The summed E-state index contributed by atoms with van der Waals surface area (Å²) in [5.74, 6) is 0. The topological polar surface area (TPSA) is 31.2 Å². The second-order valence-corrected chi connectivity index (χ2v) is 7.21. The van der Waals surface area contributed by atoms with Crippen LogP contribution >= 0.6 is 27.5 Å². The van der Waals surface area contributed by atoms with Crippen molar-refractivity contribution in [2.24, 2.45) is 0 Å². The van der Waals surface area contributed by atoms with Crippen LogP contribution in [-0.4, -0.2) is 16.3 Å². The van der Waals surface area contributed by atoms with Crippen LogP contribution in [0, 0.1) is 6.92 Å². The molecule has 1 aromatic heterocycles. The molecule has 0 unspecified atom stereocenters. The van der Waals surface area contributed by atoms with Gasteiger partial charge < -0.3 is 4.74 Å². The number of ether oxygens (including phenoxy) is 1. The predicted octanol–water partition coefficient (Wildman–Crippen LogP) is 5.66. The maximum atomic E-state index is 12.3. The number of nitrogens with zero attached hydrogens (tertiary/aromatic N) is 1. The van der Waals surface area contributed by atoms with Gasteiger partial charge in [0.2, 0.25) is 0 Å². The molecule has 5 heteroatoms. The zero-order chi connectivity index (χ0) is 15.8. The smallest absolute Gasteiger partial charge is 0.419 e. The lowest BCUT2D eigenvalue weighted by molar-refractivity contribution is 0.0540. The van der Waals surface area contributed by atoms with Crippen molar-refractivity contribution in [2.75, 3.05) is 0 Å². The van der Waals surface area contributed by atoms with Crippen LogP contribution in [0.15, 0.2) is 34.9 Å². The van der Waals surface area contributed by atoms with Crippen molar-refractivity contribution in [3.05, 3.63) is 45.5 Å². The molecule has 0 radical (unpaired) electrons. The number of hydrogen-bond donors (Lipinski definition) is 0. The number of aryl methyl sites for hydroxylation is 1. The van der Waals surface area contributed by atoms with Crippen LogP contribution in [0.2, 0.25) is 5.02 Å². The van der Waals surface area contributed by atoms with Gasteiger partial charge >= 0.3 is 6.09 Å². The minimum absolute atomic E-state index is 0.405. The molecule has 0 aliphatic carbocycles. The number of halogens is 2. The molecule has 2 rings (SSSR count). The number of carbonyl (C=O) groups is 1. The van der Waals surface area contributed by atoms with Gasteiger partial charge in [-0.15, -0.1) is 0 Å². The summed E-state index contributed by atoms with van der Waals surface area (Å²) in [6.45, 7) is 7.49. The van der Waals surface area contributed by atoms with Gasteiger partial charge in [0.15, 0.2) is 0 Å². The summed E-state index contributed by atoms with van der Waals surface area (Å²) in [5.41, 5.74) is 2.17. The lowest BCUT2D eigenvalue weighted by Crippen LogP contribution is -2.27. The third-order valence-corrected chi connectivity index (χ3v) is 3.51. The van der Waals surface area contributed by atoms with Gasteiger partial charge in [0.05, 0.1) is 5.69 Å². The molecule has 1 aromatic carbocycles. The molecule has 3 nitrogen and oxygen atoms in total. The fourth-order valence-electron chi connectivity index (χ4n) is 2.01. The van der Waals surface area contributed by atoms with E-state index in [9.17, 15) is 4.79 Å². The van der Waals surface area contributed by atoms with E-state index in [0.29, 0.717) is 5.02 Å². The van der Waals surface area contributed by atoms with Crippen molar-refractivity contribution in [1.29, 1.82) is 0 Å². The molecule has 2 aromatic rings. The third kappa shape index (κ3) is 3.89. The summed E-state index contributed by atoms with van der Waals surface area (Å²) >= 11 is 9.40. The summed E-state index contributed by atoms with van der Waals surface area (Å²) in [7, 11) is 0. The second kappa shape index (κ2) is 5.85. The molecule has 0 spiro atoms. The van der Waals surface area contributed by atoms with Crippen molar-refractivity contribution in [1.82, 2.24) is 4.57 Å². The summed E-state index contributed by atoms with van der Waals surface area (Å²) in [4.78, 5) is 12.3. The maximum absolute atomic E-state index is 12.3. The van der Waals surface area contributed by atoms with E-state index in [1.165, 1.54) is 4.57 Å². The van der Waals surface area contributed by atoms with Gasteiger partial charge in [-0.1, -0.05) is 17.7 Å². The number of rotatable bonds is 1. The molecule has 0 amide bonds. The Morgan fingerprint density at radius 2 is 1.95 bits per heavy atom. The van der Waals surface area contributed by atoms with E-state index < -0.39 is 11.7 Å². The van der Waals surface area contributed by atoms with E-state index in [1.807, 2.05) is 52.0 Å². The molecule has 0 bridgehead atoms. The fraction of sp³-hybridized carbons (Fsp3) is 0.312. The molecule has 21 heavy (non-hydrogen) atoms. The first-order valence-corrected chi connectivity index (χ1v) is 7.72. The highest BCUT2D eigenvalue weighted by Crippen LogP contribution is 2.30. The molecule has 0 aliphatic heterocycles. The predicted molar refractivity (Wildman–Crippen MR) is 88.9 cm³/mol. The Hall–Kier alpha value is -1.26. The van der Waals surface area contributed by atoms with Crippen LogP contribution < -0.4 is 0 Å². The first kappa shape index (κ1) is 16.1. The highest BCUT2D eigenvalue weighted by atomic mass is 79.9. The standard InChI is InChI=1S/C16H17BrClNO2/c1-10-7-12(18)5-6-13(10)14-8-11(17)9-19(14)15(20)21-16(2,3)4/h5-9H,1-4H3. The zero-order valence-electron chi connectivity index (χ0n) is 12.4. The van der Waals surface area contributed by atoms with Crippen molar-refractivity contribution in [2.45, 2.75) is 33.3 Å². The van der Waals surface area contributed by atoms with E-state index in [-0.39, 0.29) is 0 Å². The van der Waals surface area contributed by atoms with Gasteiger partial charge in [-0.05, 0) is 67.4 Å². The molecule has 0 atom stereocenters. The Kier molecular flexibility index (Phi) is 4.49. The van der Waals surface area contributed by atoms with Crippen molar-refractivity contribution < 1.29 is 9.53 Å². The number of benzene rings is 1. The van der Waals surface area contributed by atoms with Crippen LogP contribution in [0.4, 0.5) is 4.79 Å². The highest BCUT2D eigenvalue weighted by Gasteiger charge is 2.21. The maximum Gasteiger partial charge on any atom is 0.419 e. The Morgan fingerprint density at radius 3 is 2.52 bits per heavy atom. The first-order valence-electron chi connectivity index (χ1n) is 6.55. The lowest BCUT2D eigenvalue weighted by Gasteiger charge is -2.20. The first-order chi connectivity index (χ1) is 9.67. The van der Waals surface area contributed by atoms with Gasteiger partial charge in [0.25, 0.3) is 0 Å². The van der Waals surface area contributed by atoms with Crippen molar-refractivity contribution in [3.8, 4) is 11.3 Å². The molecule has 0 aliphatic rings. The Bertz CT molecular complexity index is 686. The van der Waals surface area contributed by atoms with Crippen molar-refractivity contribution in [3.63, 3.8) is 0 Å². The van der Waals surface area contributed by atoms with E-state index in [4.69, 9.17) is 16.3 Å². The Balaban J connectivity index is 2.48.